The molecule has 0 bridgehead atoms. The van der Waals surface area contributed by atoms with Crippen LogP contribution < -0.4 is 5.32 Å². The first-order valence-corrected chi connectivity index (χ1v) is 7.65. The summed E-state index contributed by atoms with van der Waals surface area (Å²) >= 11 is 6.07. The number of halogens is 1. The molecule has 1 fully saturated rings. The number of benzene rings is 1. The fraction of sp³-hybridized carbons (Fsp3) is 0.500. The maximum atomic E-state index is 12.3. The van der Waals surface area contributed by atoms with Gasteiger partial charge in [-0.3, -0.25) is 4.79 Å². The number of hydrogen-bond donors (Lipinski definition) is 1. The molecule has 21 heavy (non-hydrogen) atoms. The molecule has 1 aliphatic rings. The Bertz CT molecular complexity index is 545. The van der Waals surface area contributed by atoms with E-state index < -0.39 is 0 Å². The number of nitriles is 1. The lowest BCUT2D eigenvalue weighted by atomic mass is 9.95. The van der Waals surface area contributed by atoms with E-state index >= 15 is 0 Å². The summed E-state index contributed by atoms with van der Waals surface area (Å²) in [6.07, 6.45) is 2.24. The van der Waals surface area contributed by atoms with Gasteiger partial charge in [0.15, 0.2) is 0 Å². The second-order valence-electron chi connectivity index (χ2n) is 5.43. The van der Waals surface area contributed by atoms with Gasteiger partial charge in [-0.25, -0.2) is 0 Å². The minimum Gasteiger partial charge on any atom is -0.326 e. The number of hydrogen-bond acceptors (Lipinski definition) is 3. The normalized spacial score (nSPS) is 16.4. The van der Waals surface area contributed by atoms with Crippen LogP contribution in [-0.4, -0.2) is 30.4 Å². The second kappa shape index (κ2) is 7.44. The topological polar surface area (TPSA) is 56.1 Å². The molecule has 1 heterocycles. The molecule has 112 valence electrons. The number of nitrogens with zero attached hydrogens (tertiary/aromatic N) is 2. The van der Waals surface area contributed by atoms with E-state index in [1.807, 2.05) is 25.1 Å². The Labute approximate surface area is 130 Å². The minimum absolute atomic E-state index is 0.0433. The molecule has 0 atom stereocenters. The van der Waals surface area contributed by atoms with Crippen molar-refractivity contribution < 1.29 is 4.79 Å². The molecule has 5 heteroatoms. The smallest absolute Gasteiger partial charge is 0.227 e. The van der Waals surface area contributed by atoms with Crippen molar-refractivity contribution in [1.82, 2.24) is 4.90 Å². The maximum absolute atomic E-state index is 12.3. The SMILES string of the molecule is Cc1c(Cl)cccc1NC(=O)C1CCN(CCC#N)CC1. The molecule has 0 radical (unpaired) electrons. The van der Waals surface area contributed by atoms with Crippen LogP contribution in [0.4, 0.5) is 5.69 Å². The first-order valence-electron chi connectivity index (χ1n) is 7.27. The number of piperidine rings is 1. The highest BCUT2D eigenvalue weighted by Gasteiger charge is 2.25. The van der Waals surface area contributed by atoms with Gasteiger partial charge in [-0.15, -0.1) is 0 Å². The Hall–Kier alpha value is -1.57. The molecule has 2 rings (SSSR count). The molecular weight excluding hydrogens is 286 g/mol. The Kier molecular flexibility index (Phi) is 5.60. The number of carbonyl (C=O) groups is 1. The number of amides is 1. The van der Waals surface area contributed by atoms with Crippen LogP contribution in [0.25, 0.3) is 0 Å². The molecule has 0 aromatic heterocycles. The second-order valence-corrected chi connectivity index (χ2v) is 5.83. The summed E-state index contributed by atoms with van der Waals surface area (Å²) in [5, 5.41) is 12.2. The lowest BCUT2D eigenvalue weighted by molar-refractivity contribution is -0.121. The van der Waals surface area contributed by atoms with Crippen LogP contribution in [0.1, 0.15) is 24.8 Å². The van der Waals surface area contributed by atoms with Crippen LogP contribution in [0.5, 0.6) is 0 Å². The van der Waals surface area contributed by atoms with Crippen molar-refractivity contribution in [2.24, 2.45) is 5.92 Å². The van der Waals surface area contributed by atoms with E-state index in [1.54, 1.807) is 0 Å². The highest BCUT2D eigenvalue weighted by Crippen LogP contribution is 2.25. The Morgan fingerprint density at radius 2 is 2.19 bits per heavy atom. The van der Waals surface area contributed by atoms with Crippen molar-refractivity contribution >= 4 is 23.2 Å². The predicted molar refractivity (Wildman–Crippen MR) is 84.2 cm³/mol. The summed E-state index contributed by atoms with van der Waals surface area (Å²) in [5.74, 6) is 0.113. The highest BCUT2D eigenvalue weighted by molar-refractivity contribution is 6.31. The van der Waals surface area contributed by atoms with Crippen molar-refractivity contribution in [3.05, 3.63) is 28.8 Å². The number of anilines is 1. The quantitative estimate of drug-likeness (QED) is 0.929. The average Bonchev–Trinajstić information content (AvgIpc) is 2.50. The van der Waals surface area contributed by atoms with Crippen LogP contribution in [-0.2, 0) is 4.79 Å². The van der Waals surface area contributed by atoms with Gasteiger partial charge in [0.05, 0.1) is 6.07 Å². The van der Waals surface area contributed by atoms with Gasteiger partial charge >= 0.3 is 0 Å². The first kappa shape index (κ1) is 15.8. The standard InChI is InChI=1S/C16H20ClN3O/c1-12-14(17)4-2-5-15(12)19-16(21)13-6-10-20(11-7-13)9-3-8-18/h2,4-5,13H,3,6-7,9-11H2,1H3,(H,19,21). The number of rotatable bonds is 4. The fourth-order valence-electron chi connectivity index (χ4n) is 2.60. The first-order chi connectivity index (χ1) is 10.1. The molecule has 1 aliphatic heterocycles. The monoisotopic (exact) mass is 305 g/mol. The molecule has 0 unspecified atom stereocenters. The zero-order valence-corrected chi connectivity index (χ0v) is 13.0. The molecule has 0 saturated carbocycles. The van der Waals surface area contributed by atoms with E-state index in [2.05, 4.69) is 16.3 Å². The fourth-order valence-corrected chi connectivity index (χ4v) is 2.78. The molecule has 0 spiro atoms. The predicted octanol–water partition coefficient (Wildman–Crippen LogP) is 3.21. The molecule has 1 saturated heterocycles. The van der Waals surface area contributed by atoms with Crippen LogP contribution in [0.15, 0.2) is 18.2 Å². The van der Waals surface area contributed by atoms with Crippen molar-refractivity contribution in [2.75, 3.05) is 25.0 Å². The minimum atomic E-state index is 0.0433. The molecular formula is C16H20ClN3O. The van der Waals surface area contributed by atoms with E-state index in [0.29, 0.717) is 11.4 Å². The van der Waals surface area contributed by atoms with E-state index in [0.717, 1.165) is 43.7 Å². The zero-order chi connectivity index (χ0) is 15.2. The number of carbonyl (C=O) groups excluding carboxylic acids is 1. The molecule has 0 aliphatic carbocycles. The van der Waals surface area contributed by atoms with Crippen molar-refractivity contribution in [3.63, 3.8) is 0 Å². The van der Waals surface area contributed by atoms with Gasteiger partial charge in [0, 0.05) is 29.6 Å². The van der Waals surface area contributed by atoms with Crippen molar-refractivity contribution in [2.45, 2.75) is 26.2 Å². The van der Waals surface area contributed by atoms with E-state index in [9.17, 15) is 4.79 Å². The van der Waals surface area contributed by atoms with Crippen LogP contribution in [0, 0.1) is 24.2 Å². The summed E-state index contributed by atoms with van der Waals surface area (Å²) in [7, 11) is 0. The van der Waals surface area contributed by atoms with E-state index in [4.69, 9.17) is 16.9 Å². The summed E-state index contributed by atoms with van der Waals surface area (Å²) < 4.78 is 0. The summed E-state index contributed by atoms with van der Waals surface area (Å²) in [6, 6.07) is 7.70. The van der Waals surface area contributed by atoms with Crippen LogP contribution in [0.2, 0.25) is 5.02 Å². The Morgan fingerprint density at radius 3 is 2.86 bits per heavy atom. The molecule has 4 nitrogen and oxygen atoms in total. The molecule has 1 aromatic carbocycles. The maximum Gasteiger partial charge on any atom is 0.227 e. The van der Waals surface area contributed by atoms with Gasteiger partial charge in [0.1, 0.15) is 0 Å². The summed E-state index contributed by atoms with van der Waals surface area (Å²) in [4.78, 5) is 14.6. The van der Waals surface area contributed by atoms with Gasteiger partial charge in [0.25, 0.3) is 0 Å². The van der Waals surface area contributed by atoms with Gasteiger partial charge in [-0.2, -0.15) is 5.26 Å². The molecule has 1 aromatic rings. The van der Waals surface area contributed by atoms with Crippen molar-refractivity contribution in [3.8, 4) is 6.07 Å². The van der Waals surface area contributed by atoms with Gasteiger partial charge < -0.3 is 10.2 Å². The third kappa shape index (κ3) is 4.20. The third-order valence-corrected chi connectivity index (χ3v) is 4.43. The van der Waals surface area contributed by atoms with Crippen LogP contribution >= 0.6 is 11.6 Å². The Morgan fingerprint density at radius 1 is 1.48 bits per heavy atom. The molecule has 1 amide bonds. The van der Waals surface area contributed by atoms with E-state index in [-0.39, 0.29) is 11.8 Å². The summed E-state index contributed by atoms with van der Waals surface area (Å²) in [6.45, 7) is 4.48. The zero-order valence-electron chi connectivity index (χ0n) is 12.2. The number of nitrogens with one attached hydrogen (secondary N) is 1. The van der Waals surface area contributed by atoms with Gasteiger partial charge in [0.2, 0.25) is 5.91 Å². The van der Waals surface area contributed by atoms with Gasteiger partial charge in [-0.05, 0) is 50.6 Å². The third-order valence-electron chi connectivity index (χ3n) is 4.02. The average molecular weight is 306 g/mol. The van der Waals surface area contributed by atoms with Gasteiger partial charge in [-0.1, -0.05) is 17.7 Å². The van der Waals surface area contributed by atoms with E-state index in [1.165, 1.54) is 0 Å². The molecule has 1 N–H and O–H groups in total. The Balaban J connectivity index is 1.88. The van der Waals surface area contributed by atoms with Crippen LogP contribution in [0.3, 0.4) is 0 Å². The van der Waals surface area contributed by atoms with Crippen molar-refractivity contribution in [1.29, 1.82) is 5.26 Å². The largest absolute Gasteiger partial charge is 0.326 e. The lowest BCUT2D eigenvalue weighted by Crippen LogP contribution is -2.38. The lowest BCUT2D eigenvalue weighted by Gasteiger charge is -2.30. The number of likely N-dealkylation sites (tertiary alicyclic amines) is 1. The highest BCUT2D eigenvalue weighted by atomic mass is 35.5. The summed E-state index contributed by atoms with van der Waals surface area (Å²) in [5.41, 5.74) is 1.69.